The Hall–Kier alpha value is -2.34. The van der Waals surface area contributed by atoms with Crippen molar-refractivity contribution in [3.05, 3.63) is 46.3 Å². The number of urea groups is 1. The summed E-state index contributed by atoms with van der Waals surface area (Å²) in [6.45, 7) is 5.43. The molecule has 6 heteroatoms. The second-order valence-corrected chi connectivity index (χ2v) is 5.57. The van der Waals surface area contributed by atoms with E-state index in [4.69, 9.17) is 9.26 Å². The van der Waals surface area contributed by atoms with E-state index in [1.54, 1.807) is 11.9 Å². The molecule has 1 aromatic heterocycles. The van der Waals surface area contributed by atoms with E-state index in [1.165, 1.54) is 5.56 Å². The van der Waals surface area contributed by atoms with Crippen LogP contribution in [0.15, 0.2) is 22.7 Å². The number of carbonyl (C=O) groups excluding carboxylic acids is 1. The number of hydrogen-bond acceptors (Lipinski definition) is 4. The minimum atomic E-state index is -0.168. The number of benzene rings is 1. The average molecular weight is 301 g/mol. The lowest BCUT2D eigenvalue weighted by Gasteiger charge is -2.18. The summed E-state index contributed by atoms with van der Waals surface area (Å²) in [6.07, 6.45) is 0. The van der Waals surface area contributed by atoms with Crippen molar-refractivity contribution in [2.24, 2.45) is 0 Å². The number of carbonyl (C=O) groups is 1. The first-order chi connectivity index (χ1) is 10.5. The van der Waals surface area contributed by atoms with Crippen molar-refractivity contribution >= 4 is 11.7 Å². The molecular formula is C16H19N3O3. The van der Waals surface area contributed by atoms with E-state index < -0.39 is 0 Å². The van der Waals surface area contributed by atoms with Crippen LogP contribution in [-0.2, 0) is 24.5 Å². The summed E-state index contributed by atoms with van der Waals surface area (Å²) in [5, 5.41) is 6.81. The zero-order valence-corrected chi connectivity index (χ0v) is 13.0. The number of nitrogens with one attached hydrogen (secondary N) is 1. The largest absolute Gasteiger partial charge is 0.372 e. The molecule has 0 aliphatic carbocycles. The zero-order valence-electron chi connectivity index (χ0n) is 13.0. The summed E-state index contributed by atoms with van der Waals surface area (Å²) in [4.78, 5) is 13.9. The van der Waals surface area contributed by atoms with E-state index in [9.17, 15) is 4.79 Å². The number of nitrogens with zero attached hydrogens (tertiary/aromatic N) is 2. The molecule has 0 unspecified atom stereocenters. The van der Waals surface area contributed by atoms with Gasteiger partial charge in [0.1, 0.15) is 5.76 Å². The first-order valence-electron chi connectivity index (χ1n) is 7.18. The Balaban J connectivity index is 1.66. The molecule has 1 aliphatic rings. The number of anilines is 1. The van der Waals surface area contributed by atoms with Crippen molar-refractivity contribution in [1.82, 2.24) is 10.1 Å². The molecule has 0 saturated carbocycles. The van der Waals surface area contributed by atoms with Gasteiger partial charge in [-0.1, -0.05) is 11.2 Å². The molecule has 22 heavy (non-hydrogen) atoms. The van der Waals surface area contributed by atoms with E-state index >= 15 is 0 Å². The zero-order chi connectivity index (χ0) is 15.7. The molecule has 0 bridgehead atoms. The number of aromatic nitrogens is 1. The van der Waals surface area contributed by atoms with Gasteiger partial charge in [0.15, 0.2) is 0 Å². The fourth-order valence-corrected chi connectivity index (χ4v) is 2.51. The van der Waals surface area contributed by atoms with Gasteiger partial charge in [0.25, 0.3) is 0 Å². The van der Waals surface area contributed by atoms with Crippen LogP contribution in [0.4, 0.5) is 10.5 Å². The Kier molecular flexibility index (Phi) is 3.85. The Labute approximate surface area is 129 Å². The van der Waals surface area contributed by atoms with Gasteiger partial charge in [-0.3, -0.25) is 0 Å². The Morgan fingerprint density at radius 1 is 1.32 bits per heavy atom. The molecule has 2 amide bonds. The molecule has 1 aromatic carbocycles. The predicted octanol–water partition coefficient (Wildman–Crippen LogP) is 2.99. The van der Waals surface area contributed by atoms with Gasteiger partial charge in [0, 0.05) is 18.3 Å². The first kappa shape index (κ1) is 14.6. The monoisotopic (exact) mass is 301 g/mol. The fraction of sp³-hybridized carbons (Fsp3) is 0.375. The molecule has 6 nitrogen and oxygen atoms in total. The average Bonchev–Trinajstić information content (AvgIpc) is 3.08. The summed E-state index contributed by atoms with van der Waals surface area (Å²) in [7, 11) is 1.75. The lowest BCUT2D eigenvalue weighted by Crippen LogP contribution is -2.31. The van der Waals surface area contributed by atoms with E-state index in [1.807, 2.05) is 32.0 Å². The van der Waals surface area contributed by atoms with Gasteiger partial charge in [0.2, 0.25) is 0 Å². The molecule has 0 saturated heterocycles. The van der Waals surface area contributed by atoms with Crippen LogP contribution in [-0.4, -0.2) is 23.1 Å². The Bertz CT molecular complexity index is 689. The molecule has 2 heterocycles. The van der Waals surface area contributed by atoms with Gasteiger partial charge in [-0.05, 0) is 37.1 Å². The highest BCUT2D eigenvalue weighted by molar-refractivity contribution is 5.89. The summed E-state index contributed by atoms with van der Waals surface area (Å²) >= 11 is 0. The predicted molar refractivity (Wildman–Crippen MR) is 81.4 cm³/mol. The second-order valence-electron chi connectivity index (χ2n) is 5.57. The number of aryl methyl sites for hydroxylation is 2. The summed E-state index contributed by atoms with van der Waals surface area (Å²) in [5.41, 5.74) is 4.85. The molecule has 116 valence electrons. The maximum Gasteiger partial charge on any atom is 0.321 e. The normalized spacial score (nSPS) is 13.0. The minimum absolute atomic E-state index is 0.168. The SMILES string of the molecule is Cc1noc(C)c1CN(C)C(=O)Nc1ccc2c(c1)COC2. The number of ether oxygens (including phenoxy) is 1. The van der Waals surface area contributed by atoms with Crippen molar-refractivity contribution in [1.29, 1.82) is 0 Å². The molecule has 0 fully saturated rings. The van der Waals surface area contributed by atoms with Crippen molar-refractivity contribution in [3.8, 4) is 0 Å². The van der Waals surface area contributed by atoms with Gasteiger partial charge in [-0.25, -0.2) is 4.79 Å². The summed E-state index contributed by atoms with van der Waals surface area (Å²) < 4.78 is 10.5. The van der Waals surface area contributed by atoms with Crippen molar-refractivity contribution < 1.29 is 14.1 Å². The highest BCUT2D eigenvalue weighted by Crippen LogP contribution is 2.23. The number of rotatable bonds is 3. The van der Waals surface area contributed by atoms with Gasteiger partial charge in [-0.2, -0.15) is 0 Å². The lowest BCUT2D eigenvalue weighted by atomic mass is 10.1. The first-order valence-corrected chi connectivity index (χ1v) is 7.18. The van der Waals surface area contributed by atoms with Crippen molar-refractivity contribution in [2.75, 3.05) is 12.4 Å². The van der Waals surface area contributed by atoms with Crippen LogP contribution in [0, 0.1) is 13.8 Å². The van der Waals surface area contributed by atoms with Crippen molar-refractivity contribution in [3.63, 3.8) is 0 Å². The molecule has 0 spiro atoms. The number of hydrogen-bond donors (Lipinski definition) is 1. The lowest BCUT2D eigenvalue weighted by molar-refractivity contribution is 0.134. The van der Waals surface area contributed by atoms with E-state index in [2.05, 4.69) is 10.5 Å². The number of amides is 2. The van der Waals surface area contributed by atoms with Gasteiger partial charge in [-0.15, -0.1) is 0 Å². The highest BCUT2D eigenvalue weighted by Gasteiger charge is 2.17. The van der Waals surface area contributed by atoms with Crippen LogP contribution >= 0.6 is 0 Å². The third-order valence-corrected chi connectivity index (χ3v) is 3.90. The molecular weight excluding hydrogens is 282 g/mol. The number of fused-ring (bicyclic) bond motifs is 1. The second kappa shape index (κ2) is 5.81. The van der Waals surface area contributed by atoms with Gasteiger partial charge in [0.05, 0.1) is 25.5 Å². The topological polar surface area (TPSA) is 67.6 Å². The molecule has 1 aliphatic heterocycles. The molecule has 0 atom stereocenters. The third-order valence-electron chi connectivity index (χ3n) is 3.90. The summed E-state index contributed by atoms with van der Waals surface area (Å²) in [6, 6.07) is 5.68. The Morgan fingerprint density at radius 3 is 2.82 bits per heavy atom. The van der Waals surface area contributed by atoms with Gasteiger partial charge < -0.3 is 19.5 Å². The van der Waals surface area contributed by atoms with E-state index in [-0.39, 0.29) is 6.03 Å². The molecule has 2 aromatic rings. The molecule has 3 rings (SSSR count). The van der Waals surface area contributed by atoms with Crippen LogP contribution < -0.4 is 5.32 Å². The highest BCUT2D eigenvalue weighted by atomic mass is 16.5. The maximum absolute atomic E-state index is 12.3. The van der Waals surface area contributed by atoms with E-state index in [0.717, 1.165) is 28.3 Å². The van der Waals surface area contributed by atoms with Crippen LogP contribution in [0.5, 0.6) is 0 Å². The van der Waals surface area contributed by atoms with Crippen LogP contribution in [0.1, 0.15) is 28.1 Å². The maximum atomic E-state index is 12.3. The van der Waals surface area contributed by atoms with Gasteiger partial charge >= 0.3 is 6.03 Å². The van der Waals surface area contributed by atoms with Crippen LogP contribution in [0.2, 0.25) is 0 Å². The summed E-state index contributed by atoms with van der Waals surface area (Å²) in [5.74, 6) is 0.742. The quantitative estimate of drug-likeness (QED) is 0.946. The molecule has 0 radical (unpaired) electrons. The Morgan fingerprint density at radius 2 is 2.09 bits per heavy atom. The minimum Gasteiger partial charge on any atom is -0.372 e. The van der Waals surface area contributed by atoms with Crippen LogP contribution in [0.3, 0.4) is 0 Å². The standard InChI is InChI=1S/C16H19N3O3/c1-10-15(11(2)22-18-10)7-19(3)16(20)17-14-5-4-12-8-21-9-13(12)6-14/h4-6H,7-9H2,1-3H3,(H,17,20). The third kappa shape index (κ3) is 2.82. The molecule has 1 N–H and O–H groups in total. The van der Waals surface area contributed by atoms with Crippen LogP contribution in [0.25, 0.3) is 0 Å². The van der Waals surface area contributed by atoms with Crippen molar-refractivity contribution in [2.45, 2.75) is 33.6 Å². The van der Waals surface area contributed by atoms with E-state index in [0.29, 0.717) is 19.8 Å². The fourth-order valence-electron chi connectivity index (χ4n) is 2.51. The smallest absolute Gasteiger partial charge is 0.321 e.